The van der Waals surface area contributed by atoms with Crippen molar-refractivity contribution in [1.82, 2.24) is 14.8 Å². The number of nitrogens with zero attached hydrogens (tertiary/aromatic N) is 3. The molecule has 0 aliphatic carbocycles. The van der Waals surface area contributed by atoms with Crippen LogP contribution in [0.25, 0.3) is 17.1 Å². The van der Waals surface area contributed by atoms with Crippen molar-refractivity contribution in [1.29, 1.82) is 0 Å². The van der Waals surface area contributed by atoms with Crippen LogP contribution in [0.4, 0.5) is 0 Å². The summed E-state index contributed by atoms with van der Waals surface area (Å²) in [5.74, 6) is -1.34. The van der Waals surface area contributed by atoms with Crippen molar-refractivity contribution in [3.05, 3.63) is 63.4 Å². The molecule has 23 heavy (non-hydrogen) atoms. The second kappa shape index (κ2) is 6.20. The third-order valence-electron chi connectivity index (χ3n) is 3.05. The van der Waals surface area contributed by atoms with E-state index in [1.54, 1.807) is 42.5 Å². The quantitative estimate of drug-likeness (QED) is 0.734. The lowest BCUT2D eigenvalue weighted by Crippen LogP contribution is -2.03. The number of carboxylic acid groups (broad SMARTS) is 1. The van der Waals surface area contributed by atoms with E-state index in [-0.39, 0.29) is 11.6 Å². The van der Waals surface area contributed by atoms with Gasteiger partial charge in [-0.3, -0.25) is 0 Å². The first kappa shape index (κ1) is 15.8. The molecule has 8 heteroatoms. The van der Waals surface area contributed by atoms with E-state index >= 15 is 0 Å². The van der Waals surface area contributed by atoms with Gasteiger partial charge in [0.15, 0.2) is 5.82 Å². The van der Waals surface area contributed by atoms with Gasteiger partial charge in [0.25, 0.3) is 5.82 Å². The number of aromatic carboxylic acids is 1. The standard InChI is InChI=1S/C15H8Cl3N3O2/c16-8-5-6-9(11(18)7-8)14-19-13(15(22)23)20-21(14)12-4-2-1-3-10(12)17/h1-7H,(H,22,23). The second-order valence-corrected chi connectivity index (χ2v) is 5.80. The molecule has 1 heterocycles. The van der Waals surface area contributed by atoms with E-state index in [2.05, 4.69) is 10.1 Å². The Balaban J connectivity index is 2.28. The number of hydrogen-bond acceptors (Lipinski definition) is 3. The van der Waals surface area contributed by atoms with Crippen molar-refractivity contribution in [2.45, 2.75) is 0 Å². The van der Waals surface area contributed by atoms with E-state index in [0.29, 0.717) is 26.3 Å². The Kier molecular flexibility index (Phi) is 4.26. The molecule has 116 valence electrons. The number of halogens is 3. The van der Waals surface area contributed by atoms with Crippen LogP contribution >= 0.6 is 34.8 Å². The summed E-state index contributed by atoms with van der Waals surface area (Å²) >= 11 is 18.3. The fourth-order valence-electron chi connectivity index (χ4n) is 2.04. The average Bonchev–Trinajstić information content (AvgIpc) is 2.92. The fraction of sp³-hybridized carbons (Fsp3) is 0. The molecule has 1 aromatic heterocycles. The van der Waals surface area contributed by atoms with Gasteiger partial charge < -0.3 is 5.11 Å². The van der Waals surface area contributed by atoms with Gasteiger partial charge >= 0.3 is 5.97 Å². The summed E-state index contributed by atoms with van der Waals surface area (Å²) in [6.45, 7) is 0. The van der Waals surface area contributed by atoms with Crippen molar-refractivity contribution in [2.75, 3.05) is 0 Å². The van der Waals surface area contributed by atoms with E-state index in [1.165, 1.54) is 4.68 Å². The molecule has 0 unspecified atom stereocenters. The summed E-state index contributed by atoms with van der Waals surface area (Å²) in [6.07, 6.45) is 0. The number of aromatic nitrogens is 3. The van der Waals surface area contributed by atoms with Gasteiger partial charge in [0, 0.05) is 10.6 Å². The predicted molar refractivity (Wildman–Crippen MR) is 88.8 cm³/mol. The summed E-state index contributed by atoms with van der Waals surface area (Å²) < 4.78 is 1.35. The molecule has 0 fully saturated rings. The summed E-state index contributed by atoms with van der Waals surface area (Å²) in [5, 5.41) is 14.4. The van der Waals surface area contributed by atoms with Gasteiger partial charge in [-0.25, -0.2) is 14.5 Å². The molecule has 5 nitrogen and oxygen atoms in total. The third kappa shape index (κ3) is 3.03. The van der Waals surface area contributed by atoms with Crippen LogP contribution in [-0.2, 0) is 0 Å². The normalized spacial score (nSPS) is 10.7. The highest BCUT2D eigenvalue weighted by atomic mass is 35.5. The summed E-state index contributed by atoms with van der Waals surface area (Å²) in [7, 11) is 0. The molecule has 0 aliphatic heterocycles. The van der Waals surface area contributed by atoms with E-state index in [1.807, 2.05) is 0 Å². The molecule has 3 rings (SSSR count). The third-order valence-corrected chi connectivity index (χ3v) is 3.92. The minimum atomic E-state index is -1.25. The van der Waals surface area contributed by atoms with Crippen LogP contribution in [-0.4, -0.2) is 25.8 Å². The molecule has 2 aromatic carbocycles. The topological polar surface area (TPSA) is 68.0 Å². The zero-order chi connectivity index (χ0) is 16.6. The zero-order valence-electron chi connectivity index (χ0n) is 11.4. The van der Waals surface area contributed by atoms with Gasteiger partial charge in [0.05, 0.1) is 15.7 Å². The van der Waals surface area contributed by atoms with Gasteiger partial charge in [0.2, 0.25) is 0 Å². The van der Waals surface area contributed by atoms with Crippen molar-refractivity contribution in [3.63, 3.8) is 0 Å². The van der Waals surface area contributed by atoms with Crippen LogP contribution in [0.1, 0.15) is 10.6 Å². The number of carbonyl (C=O) groups is 1. The fourth-order valence-corrected chi connectivity index (χ4v) is 2.75. The summed E-state index contributed by atoms with van der Waals surface area (Å²) in [5.41, 5.74) is 0.992. The van der Waals surface area contributed by atoms with Gasteiger partial charge in [-0.1, -0.05) is 46.9 Å². The van der Waals surface area contributed by atoms with Gasteiger partial charge in [0.1, 0.15) is 0 Å². The molecule has 0 saturated carbocycles. The molecular weight excluding hydrogens is 361 g/mol. The van der Waals surface area contributed by atoms with Crippen molar-refractivity contribution >= 4 is 40.8 Å². The van der Waals surface area contributed by atoms with Crippen molar-refractivity contribution in [3.8, 4) is 17.1 Å². The SMILES string of the molecule is O=C(O)c1nc(-c2ccc(Cl)cc2Cl)n(-c2ccccc2Cl)n1. The molecule has 1 N–H and O–H groups in total. The zero-order valence-corrected chi connectivity index (χ0v) is 13.6. The Morgan fingerprint density at radius 3 is 2.43 bits per heavy atom. The highest BCUT2D eigenvalue weighted by Gasteiger charge is 2.20. The maximum atomic E-state index is 11.2. The lowest BCUT2D eigenvalue weighted by molar-refractivity contribution is 0.0683. The second-order valence-electron chi connectivity index (χ2n) is 4.55. The first-order valence-electron chi connectivity index (χ1n) is 6.38. The highest BCUT2D eigenvalue weighted by molar-refractivity contribution is 6.36. The van der Waals surface area contributed by atoms with Crippen LogP contribution in [0.15, 0.2) is 42.5 Å². The predicted octanol–water partition coefficient (Wildman–Crippen LogP) is 4.59. The lowest BCUT2D eigenvalue weighted by Gasteiger charge is -2.09. The summed E-state index contributed by atoms with van der Waals surface area (Å²) in [6, 6.07) is 11.7. The summed E-state index contributed by atoms with van der Waals surface area (Å²) in [4.78, 5) is 15.3. The Morgan fingerprint density at radius 2 is 1.78 bits per heavy atom. The molecule has 0 saturated heterocycles. The smallest absolute Gasteiger partial charge is 0.375 e. The van der Waals surface area contributed by atoms with Crippen LogP contribution in [0.3, 0.4) is 0 Å². The number of hydrogen-bond donors (Lipinski definition) is 1. The van der Waals surface area contributed by atoms with Crippen LogP contribution in [0.5, 0.6) is 0 Å². The first-order valence-corrected chi connectivity index (χ1v) is 7.51. The molecule has 0 amide bonds. The van der Waals surface area contributed by atoms with E-state index < -0.39 is 5.97 Å². The van der Waals surface area contributed by atoms with E-state index in [0.717, 1.165) is 0 Å². The Labute approximate surface area is 146 Å². The van der Waals surface area contributed by atoms with E-state index in [9.17, 15) is 9.90 Å². The van der Waals surface area contributed by atoms with Crippen LogP contribution in [0.2, 0.25) is 15.1 Å². The maximum absolute atomic E-state index is 11.2. The Hall–Kier alpha value is -2.08. The largest absolute Gasteiger partial charge is 0.475 e. The number of benzene rings is 2. The molecule has 0 atom stereocenters. The Morgan fingerprint density at radius 1 is 1.04 bits per heavy atom. The molecule has 0 bridgehead atoms. The highest BCUT2D eigenvalue weighted by Crippen LogP contribution is 2.32. The maximum Gasteiger partial charge on any atom is 0.375 e. The minimum Gasteiger partial charge on any atom is -0.475 e. The first-order chi connectivity index (χ1) is 11.0. The van der Waals surface area contributed by atoms with Crippen LogP contribution in [0, 0.1) is 0 Å². The van der Waals surface area contributed by atoms with Crippen molar-refractivity contribution in [2.24, 2.45) is 0 Å². The van der Waals surface area contributed by atoms with Gasteiger partial charge in [-0.05, 0) is 30.3 Å². The average molecular weight is 369 g/mol. The van der Waals surface area contributed by atoms with E-state index in [4.69, 9.17) is 34.8 Å². The molecule has 0 aliphatic rings. The number of para-hydroxylation sites is 1. The monoisotopic (exact) mass is 367 g/mol. The minimum absolute atomic E-state index is 0.261. The molecule has 0 spiro atoms. The van der Waals surface area contributed by atoms with Gasteiger partial charge in [-0.15, -0.1) is 5.10 Å². The van der Waals surface area contributed by atoms with Crippen LogP contribution < -0.4 is 0 Å². The molecule has 3 aromatic rings. The molecular formula is C15H8Cl3N3O2. The number of rotatable bonds is 3. The van der Waals surface area contributed by atoms with Crippen molar-refractivity contribution < 1.29 is 9.90 Å². The number of carboxylic acids is 1. The van der Waals surface area contributed by atoms with Gasteiger partial charge in [-0.2, -0.15) is 0 Å². The molecule has 0 radical (unpaired) electrons. The lowest BCUT2D eigenvalue weighted by atomic mass is 10.2. The Bertz CT molecular complexity index is 909.